The summed E-state index contributed by atoms with van der Waals surface area (Å²) in [6.07, 6.45) is 10.6. The number of hydrogen-bond acceptors (Lipinski definition) is 10. The molecule has 1 amide bonds. The molecule has 0 saturated carbocycles. The lowest BCUT2D eigenvalue weighted by molar-refractivity contribution is -0.137. The van der Waals surface area contributed by atoms with Crippen molar-refractivity contribution in [2.45, 2.75) is 71.4 Å². The minimum absolute atomic E-state index is 0.00261. The van der Waals surface area contributed by atoms with Gasteiger partial charge >= 0.3 is 5.97 Å². The van der Waals surface area contributed by atoms with Crippen molar-refractivity contribution in [2.75, 3.05) is 46.5 Å². The number of cyclic esters (lactones) is 1. The fourth-order valence-corrected chi connectivity index (χ4v) is 4.61. The third kappa shape index (κ3) is 11.6. The molecule has 0 aromatic heterocycles. The van der Waals surface area contributed by atoms with Gasteiger partial charge < -0.3 is 33.4 Å². The van der Waals surface area contributed by atoms with E-state index < -0.39 is 18.1 Å². The summed E-state index contributed by atoms with van der Waals surface area (Å²) in [6, 6.07) is 2.84. The lowest BCUT2D eigenvalue weighted by atomic mass is 9.99. The van der Waals surface area contributed by atoms with Gasteiger partial charge in [-0.1, -0.05) is 28.5 Å². The first-order chi connectivity index (χ1) is 21.4. The lowest BCUT2D eigenvalue weighted by Crippen LogP contribution is -2.37. The van der Waals surface area contributed by atoms with Crippen molar-refractivity contribution in [2.24, 2.45) is 10.3 Å². The summed E-state index contributed by atoms with van der Waals surface area (Å²) in [7, 11) is 0. The zero-order chi connectivity index (χ0) is 31.6. The molecule has 1 aromatic rings. The van der Waals surface area contributed by atoms with Crippen LogP contribution in [0.5, 0.6) is 11.5 Å². The number of benzene rings is 1. The number of carbonyl (C=O) groups is 2. The highest BCUT2D eigenvalue weighted by Gasteiger charge is 2.24. The van der Waals surface area contributed by atoms with Crippen LogP contribution < -0.4 is 9.47 Å². The number of amides is 1. The number of piperidine rings is 1. The Hall–Kier alpha value is -4.06. The van der Waals surface area contributed by atoms with Crippen LogP contribution in [0.15, 0.2) is 46.7 Å². The van der Waals surface area contributed by atoms with Gasteiger partial charge in [-0.15, -0.1) is 0 Å². The smallest absolute Gasteiger partial charge is 0.342 e. The summed E-state index contributed by atoms with van der Waals surface area (Å²) in [5.74, 6) is -0.114. The molecule has 2 aliphatic rings. The summed E-state index contributed by atoms with van der Waals surface area (Å²) in [4.78, 5) is 36.6. The van der Waals surface area contributed by atoms with Crippen molar-refractivity contribution in [3.63, 3.8) is 0 Å². The molecule has 0 bridgehead atoms. The highest BCUT2D eigenvalue weighted by atomic mass is 16.7. The van der Waals surface area contributed by atoms with Gasteiger partial charge in [0.1, 0.15) is 23.2 Å². The molecule has 0 spiro atoms. The molecule has 0 N–H and O–H groups in total. The first kappa shape index (κ1) is 34.4. The molecule has 3 rings (SSSR count). The van der Waals surface area contributed by atoms with E-state index in [2.05, 4.69) is 15.2 Å². The van der Waals surface area contributed by atoms with Crippen molar-refractivity contribution in [1.82, 2.24) is 4.90 Å². The second kappa shape index (κ2) is 19.3. The molecular weight excluding hydrogens is 570 g/mol. The Kier molecular flexibility index (Phi) is 15.1. The minimum Gasteiger partial charge on any atom is -0.467 e. The van der Waals surface area contributed by atoms with Crippen molar-refractivity contribution < 1.29 is 38.1 Å². The first-order valence-corrected chi connectivity index (χ1v) is 15.1. The number of nitrogens with zero attached hydrogens (tertiary/aromatic N) is 5. The normalized spacial score (nSPS) is 21.7. The maximum absolute atomic E-state index is 13.6. The van der Waals surface area contributed by atoms with Crippen LogP contribution in [0.2, 0.25) is 0 Å². The molecule has 2 atom stereocenters. The van der Waals surface area contributed by atoms with E-state index >= 15 is 0 Å². The molecule has 0 radical (unpaired) electrons. The minimum atomic E-state index is -0.600. The van der Waals surface area contributed by atoms with Gasteiger partial charge in [0.2, 0.25) is 0 Å². The summed E-state index contributed by atoms with van der Waals surface area (Å²) >= 11 is 0. The number of oxime groups is 1. The van der Waals surface area contributed by atoms with Crippen LogP contribution in [0.25, 0.3) is 10.4 Å². The standard InChI is InChI=1S/C31H43N5O8/c1-4-39-21-41-27-18-24-17-26(34-43-20-29(37)36-15-7-6-8-16-36)14-10-13-25(33-35-32)12-9-11-23(3)44-31(38)30(24)28(19-27)42-22-40-5-2/h9-10,12,14,18-19,23,25H,4-8,11,13,15-17,20-22H2,1-3H3/b12-9+,14-10+,34-26-/t23-,25+/m1/s1. The van der Waals surface area contributed by atoms with E-state index in [1.165, 1.54) is 0 Å². The topological polar surface area (TPSA) is 154 Å². The maximum atomic E-state index is 13.6. The second-order valence-corrected chi connectivity index (χ2v) is 10.2. The Labute approximate surface area is 258 Å². The molecule has 0 unspecified atom stereocenters. The van der Waals surface area contributed by atoms with Crippen molar-refractivity contribution in [3.8, 4) is 11.5 Å². The SMILES string of the molecule is CCOCOc1cc2c(c(OCOCC)c1)C(=O)O[C@H](C)C/C=C/[C@H](N=[N+]=[N-])C/C=C/C(=N/OCC(=O)N1CCCCC1)C2. The number of rotatable bonds is 12. The predicted octanol–water partition coefficient (Wildman–Crippen LogP) is 5.49. The lowest BCUT2D eigenvalue weighted by Gasteiger charge is -2.26. The number of likely N-dealkylation sites (tertiary alicyclic amines) is 1. The van der Waals surface area contributed by atoms with Crippen LogP contribution in [-0.4, -0.2) is 81.1 Å². The third-order valence-corrected chi connectivity index (χ3v) is 6.85. The monoisotopic (exact) mass is 613 g/mol. The Morgan fingerprint density at radius 3 is 2.55 bits per heavy atom. The summed E-state index contributed by atoms with van der Waals surface area (Å²) in [6.45, 7) is 7.45. The highest BCUT2D eigenvalue weighted by Crippen LogP contribution is 2.32. The molecule has 240 valence electrons. The molecule has 1 fully saturated rings. The Balaban J connectivity index is 2.02. The zero-order valence-corrected chi connectivity index (χ0v) is 25.8. The van der Waals surface area contributed by atoms with Crippen molar-refractivity contribution >= 4 is 17.6 Å². The van der Waals surface area contributed by atoms with E-state index in [9.17, 15) is 9.59 Å². The number of allylic oxidation sites excluding steroid dienone is 1. The molecule has 0 aliphatic carbocycles. The van der Waals surface area contributed by atoms with Crippen LogP contribution in [-0.2, 0) is 30.3 Å². The van der Waals surface area contributed by atoms with E-state index in [4.69, 9.17) is 34.1 Å². The van der Waals surface area contributed by atoms with Crippen LogP contribution >= 0.6 is 0 Å². The summed E-state index contributed by atoms with van der Waals surface area (Å²) in [5.41, 5.74) is 10.1. The zero-order valence-electron chi connectivity index (χ0n) is 25.8. The van der Waals surface area contributed by atoms with Gasteiger partial charge in [0.15, 0.2) is 20.2 Å². The Morgan fingerprint density at radius 2 is 1.82 bits per heavy atom. The maximum Gasteiger partial charge on any atom is 0.342 e. The first-order valence-electron chi connectivity index (χ1n) is 15.1. The van der Waals surface area contributed by atoms with E-state index in [1.807, 2.05) is 26.0 Å². The number of esters is 1. The van der Waals surface area contributed by atoms with E-state index in [0.717, 1.165) is 19.3 Å². The van der Waals surface area contributed by atoms with Crippen LogP contribution in [0.4, 0.5) is 0 Å². The van der Waals surface area contributed by atoms with Gasteiger partial charge in [0.25, 0.3) is 5.91 Å². The third-order valence-electron chi connectivity index (χ3n) is 6.85. The summed E-state index contributed by atoms with van der Waals surface area (Å²) in [5, 5.41) is 8.13. The molecule has 1 saturated heterocycles. The number of carbonyl (C=O) groups excluding carboxylic acids is 2. The molecule has 2 heterocycles. The van der Waals surface area contributed by atoms with Gasteiger partial charge in [-0.05, 0) is 69.7 Å². The average Bonchev–Trinajstić information content (AvgIpc) is 3.01. The second-order valence-electron chi connectivity index (χ2n) is 10.2. The fraction of sp³-hybridized carbons (Fsp3) is 0.581. The quantitative estimate of drug-likeness (QED) is 0.0438. The summed E-state index contributed by atoms with van der Waals surface area (Å²) < 4.78 is 28.2. The average molecular weight is 614 g/mol. The molecule has 13 heteroatoms. The van der Waals surface area contributed by atoms with Gasteiger partial charge in [-0.3, -0.25) is 4.79 Å². The molecular formula is C31H43N5O8. The van der Waals surface area contributed by atoms with Gasteiger partial charge in [0.05, 0.1) is 11.8 Å². The fourth-order valence-electron chi connectivity index (χ4n) is 4.61. The van der Waals surface area contributed by atoms with Gasteiger partial charge in [-0.25, -0.2) is 4.79 Å². The van der Waals surface area contributed by atoms with Crippen LogP contribution in [0.3, 0.4) is 0 Å². The molecule has 13 nitrogen and oxygen atoms in total. The number of fused-ring (bicyclic) bond motifs is 1. The number of ether oxygens (including phenoxy) is 5. The molecule has 44 heavy (non-hydrogen) atoms. The van der Waals surface area contributed by atoms with Gasteiger partial charge in [-0.2, -0.15) is 0 Å². The molecule has 1 aromatic carbocycles. The van der Waals surface area contributed by atoms with E-state index in [-0.39, 0.29) is 43.8 Å². The number of hydrogen-bond donors (Lipinski definition) is 0. The number of azide groups is 1. The van der Waals surface area contributed by atoms with Crippen molar-refractivity contribution in [1.29, 1.82) is 0 Å². The highest BCUT2D eigenvalue weighted by molar-refractivity contribution is 6.00. The van der Waals surface area contributed by atoms with Crippen molar-refractivity contribution in [3.05, 3.63) is 58.0 Å². The van der Waals surface area contributed by atoms with Crippen LogP contribution in [0.1, 0.15) is 68.8 Å². The van der Waals surface area contributed by atoms with Gasteiger partial charge in [0, 0.05) is 50.1 Å². The Morgan fingerprint density at radius 1 is 1.07 bits per heavy atom. The van der Waals surface area contributed by atoms with Crippen LogP contribution in [0, 0.1) is 0 Å². The molecule has 2 aliphatic heterocycles. The predicted molar refractivity (Wildman–Crippen MR) is 164 cm³/mol. The Bertz CT molecular complexity index is 1220. The van der Waals surface area contributed by atoms with E-state index in [1.54, 1.807) is 36.1 Å². The van der Waals surface area contributed by atoms with E-state index in [0.29, 0.717) is 56.2 Å². The largest absolute Gasteiger partial charge is 0.467 e.